The zero-order valence-corrected chi connectivity index (χ0v) is 13.5. The highest BCUT2D eigenvalue weighted by Crippen LogP contribution is 2.11. The summed E-state index contributed by atoms with van der Waals surface area (Å²) in [6.07, 6.45) is 3.60. The predicted octanol–water partition coefficient (Wildman–Crippen LogP) is 3.28. The van der Waals surface area contributed by atoms with Crippen molar-refractivity contribution in [2.75, 3.05) is 6.54 Å². The third kappa shape index (κ3) is 9.07. The lowest BCUT2D eigenvalue weighted by atomic mass is 10.1. The largest absolute Gasteiger partial charge is 0.481 e. The molecule has 0 aromatic heterocycles. The molecule has 0 fully saturated rings. The third-order valence-electron chi connectivity index (χ3n) is 2.95. The number of carboxylic acid groups (broad SMARTS) is 1. The fourth-order valence-electron chi connectivity index (χ4n) is 1.85. The van der Waals surface area contributed by atoms with E-state index in [1.165, 1.54) is 0 Å². The molecule has 116 valence electrons. The molecule has 21 heavy (non-hydrogen) atoms. The average Bonchev–Trinajstić information content (AvgIpc) is 2.44. The molecule has 5 nitrogen and oxygen atoms in total. The Morgan fingerprint density at radius 3 is 2.57 bits per heavy atom. The van der Waals surface area contributed by atoms with E-state index < -0.39 is 5.97 Å². The Bertz CT molecular complexity index is 466. The smallest absolute Gasteiger partial charge is 0.315 e. The number of carboxylic acids is 1. The summed E-state index contributed by atoms with van der Waals surface area (Å²) in [5.41, 5.74) is 1.04. The van der Waals surface area contributed by atoms with Crippen LogP contribution in [0.2, 0.25) is 0 Å². The number of rotatable bonds is 9. The molecule has 0 aliphatic rings. The summed E-state index contributed by atoms with van der Waals surface area (Å²) in [5.74, 6) is -0.750. The maximum absolute atomic E-state index is 11.6. The quantitative estimate of drug-likeness (QED) is 0.594. The zero-order chi connectivity index (χ0) is 15.5. The molecule has 0 heterocycles. The molecule has 0 radical (unpaired) electrons. The highest BCUT2D eigenvalue weighted by Gasteiger charge is 2.01. The van der Waals surface area contributed by atoms with E-state index in [2.05, 4.69) is 26.6 Å². The van der Waals surface area contributed by atoms with Gasteiger partial charge in [0.1, 0.15) is 0 Å². The fraction of sp³-hybridized carbons (Fsp3) is 0.467. The molecule has 0 atom stereocenters. The van der Waals surface area contributed by atoms with Crippen LogP contribution in [0.15, 0.2) is 28.7 Å². The molecule has 0 aliphatic heterocycles. The summed E-state index contributed by atoms with van der Waals surface area (Å²) in [6.45, 7) is 1.10. The number of amides is 2. The second-order valence-electron chi connectivity index (χ2n) is 4.80. The van der Waals surface area contributed by atoms with Crippen LogP contribution in [0.25, 0.3) is 0 Å². The Balaban J connectivity index is 2.03. The van der Waals surface area contributed by atoms with Gasteiger partial charge in [-0.05, 0) is 30.5 Å². The van der Waals surface area contributed by atoms with Crippen LogP contribution in [0.5, 0.6) is 0 Å². The first-order valence-electron chi connectivity index (χ1n) is 7.06. The van der Waals surface area contributed by atoms with Gasteiger partial charge in [-0.2, -0.15) is 0 Å². The number of halogens is 1. The number of aliphatic carboxylic acids is 1. The molecular weight excluding hydrogens is 336 g/mol. The van der Waals surface area contributed by atoms with E-state index in [1.807, 2.05) is 24.3 Å². The van der Waals surface area contributed by atoms with Gasteiger partial charge in [0.05, 0.1) is 0 Å². The van der Waals surface area contributed by atoms with Gasteiger partial charge in [0.2, 0.25) is 0 Å². The van der Waals surface area contributed by atoms with Crippen LogP contribution in [-0.4, -0.2) is 23.7 Å². The van der Waals surface area contributed by atoms with Crippen LogP contribution in [0, 0.1) is 0 Å². The summed E-state index contributed by atoms with van der Waals surface area (Å²) >= 11 is 3.38. The first-order chi connectivity index (χ1) is 10.1. The first-order valence-corrected chi connectivity index (χ1v) is 7.85. The van der Waals surface area contributed by atoms with Crippen molar-refractivity contribution in [3.05, 3.63) is 34.3 Å². The average molecular weight is 357 g/mol. The van der Waals surface area contributed by atoms with Gasteiger partial charge in [-0.3, -0.25) is 4.79 Å². The summed E-state index contributed by atoms with van der Waals surface area (Å²) in [7, 11) is 0. The Hall–Kier alpha value is -1.56. The van der Waals surface area contributed by atoms with Gasteiger partial charge in [0, 0.05) is 24.0 Å². The Morgan fingerprint density at radius 1 is 1.10 bits per heavy atom. The minimum absolute atomic E-state index is 0.180. The molecule has 0 bridgehead atoms. The van der Waals surface area contributed by atoms with Crippen molar-refractivity contribution in [1.29, 1.82) is 0 Å². The summed E-state index contributed by atoms with van der Waals surface area (Å²) in [5, 5.41) is 14.1. The molecule has 0 spiro atoms. The number of nitrogens with one attached hydrogen (secondary N) is 2. The lowest BCUT2D eigenvalue weighted by Crippen LogP contribution is -2.35. The van der Waals surface area contributed by atoms with Crippen molar-refractivity contribution in [3.63, 3.8) is 0 Å². The molecule has 6 heteroatoms. The van der Waals surface area contributed by atoms with E-state index in [0.717, 1.165) is 29.3 Å². The Labute approximate surface area is 133 Å². The summed E-state index contributed by atoms with van der Waals surface area (Å²) in [6, 6.07) is 7.60. The molecule has 1 rings (SSSR count). The minimum atomic E-state index is -0.750. The molecule has 0 saturated carbocycles. The number of hydrogen-bond donors (Lipinski definition) is 3. The Kier molecular flexibility index (Phi) is 8.50. The van der Waals surface area contributed by atoms with E-state index in [0.29, 0.717) is 19.5 Å². The van der Waals surface area contributed by atoms with Crippen LogP contribution in [0.3, 0.4) is 0 Å². The molecule has 1 aromatic carbocycles. The van der Waals surface area contributed by atoms with Crippen molar-refractivity contribution in [2.45, 2.75) is 38.6 Å². The van der Waals surface area contributed by atoms with Gasteiger partial charge in [0.25, 0.3) is 0 Å². The molecule has 0 unspecified atom stereocenters. The second-order valence-corrected chi connectivity index (χ2v) is 5.71. The second kappa shape index (κ2) is 10.2. The van der Waals surface area contributed by atoms with Gasteiger partial charge in [-0.1, -0.05) is 40.9 Å². The van der Waals surface area contributed by atoms with Crippen LogP contribution in [-0.2, 0) is 11.3 Å². The third-order valence-corrected chi connectivity index (χ3v) is 3.44. The number of unbranched alkanes of at least 4 members (excludes halogenated alkanes) is 3. The van der Waals surface area contributed by atoms with Crippen LogP contribution in [0.4, 0.5) is 4.79 Å². The maximum atomic E-state index is 11.6. The lowest BCUT2D eigenvalue weighted by Gasteiger charge is -2.08. The van der Waals surface area contributed by atoms with Crippen molar-refractivity contribution in [2.24, 2.45) is 0 Å². The number of carbonyl (C=O) groups excluding carboxylic acids is 1. The van der Waals surface area contributed by atoms with Gasteiger partial charge in [-0.25, -0.2) is 4.79 Å². The van der Waals surface area contributed by atoms with Gasteiger partial charge >= 0.3 is 12.0 Å². The maximum Gasteiger partial charge on any atom is 0.315 e. The normalized spacial score (nSPS) is 10.1. The number of carbonyl (C=O) groups is 2. The molecule has 0 saturated heterocycles. The minimum Gasteiger partial charge on any atom is -0.481 e. The van der Waals surface area contributed by atoms with E-state index in [-0.39, 0.29) is 12.5 Å². The SMILES string of the molecule is O=C(O)CCCCCCNC(=O)NCc1cccc(Br)c1. The van der Waals surface area contributed by atoms with Crippen molar-refractivity contribution >= 4 is 27.9 Å². The molecule has 3 N–H and O–H groups in total. The molecule has 0 aliphatic carbocycles. The monoisotopic (exact) mass is 356 g/mol. The predicted molar refractivity (Wildman–Crippen MR) is 85.1 cm³/mol. The van der Waals surface area contributed by atoms with Crippen LogP contribution >= 0.6 is 15.9 Å². The van der Waals surface area contributed by atoms with Gasteiger partial charge < -0.3 is 15.7 Å². The van der Waals surface area contributed by atoms with Crippen molar-refractivity contribution < 1.29 is 14.7 Å². The molecule has 1 aromatic rings. The number of hydrogen-bond acceptors (Lipinski definition) is 2. The van der Waals surface area contributed by atoms with Crippen LogP contribution < -0.4 is 10.6 Å². The zero-order valence-electron chi connectivity index (χ0n) is 11.9. The number of benzene rings is 1. The number of urea groups is 1. The molecule has 2 amide bonds. The van der Waals surface area contributed by atoms with E-state index in [1.54, 1.807) is 0 Å². The van der Waals surface area contributed by atoms with E-state index in [9.17, 15) is 9.59 Å². The molecular formula is C15H21BrN2O3. The standard InChI is InChI=1S/C15H21BrN2O3/c16-13-7-5-6-12(10-13)11-18-15(21)17-9-4-2-1-3-8-14(19)20/h5-7,10H,1-4,8-9,11H2,(H,19,20)(H2,17,18,21). The van der Waals surface area contributed by atoms with E-state index in [4.69, 9.17) is 5.11 Å². The topological polar surface area (TPSA) is 78.4 Å². The first kappa shape index (κ1) is 17.5. The van der Waals surface area contributed by atoms with Crippen LogP contribution in [0.1, 0.15) is 37.7 Å². The highest BCUT2D eigenvalue weighted by atomic mass is 79.9. The fourth-order valence-corrected chi connectivity index (χ4v) is 2.30. The lowest BCUT2D eigenvalue weighted by molar-refractivity contribution is -0.137. The highest BCUT2D eigenvalue weighted by molar-refractivity contribution is 9.10. The summed E-state index contributed by atoms with van der Waals surface area (Å²) < 4.78 is 0.989. The summed E-state index contributed by atoms with van der Waals surface area (Å²) in [4.78, 5) is 21.9. The van der Waals surface area contributed by atoms with Crippen molar-refractivity contribution in [1.82, 2.24) is 10.6 Å². The van der Waals surface area contributed by atoms with Gasteiger partial charge in [-0.15, -0.1) is 0 Å². The Morgan fingerprint density at radius 2 is 1.86 bits per heavy atom. The van der Waals surface area contributed by atoms with Crippen molar-refractivity contribution in [3.8, 4) is 0 Å². The van der Waals surface area contributed by atoms with E-state index >= 15 is 0 Å². The van der Waals surface area contributed by atoms with Gasteiger partial charge in [0.15, 0.2) is 0 Å².